The van der Waals surface area contributed by atoms with Crippen molar-refractivity contribution in [3.8, 4) is 0 Å². The number of hydrogen-bond acceptors (Lipinski definition) is 4. The second-order valence-corrected chi connectivity index (χ2v) is 7.93. The molecule has 1 aromatic carbocycles. The van der Waals surface area contributed by atoms with Crippen LogP contribution in [0.15, 0.2) is 24.3 Å². The molecule has 0 radical (unpaired) electrons. The van der Waals surface area contributed by atoms with Gasteiger partial charge in [-0.05, 0) is 50.3 Å². The molecule has 2 saturated heterocycles. The van der Waals surface area contributed by atoms with E-state index in [1.165, 1.54) is 24.1 Å². The van der Waals surface area contributed by atoms with Crippen molar-refractivity contribution in [2.75, 3.05) is 26.8 Å². The SMILES string of the molecule is CC1CN(C)C(C)CC1NCc1ccc(COC2CCOCC2)cc1. The summed E-state index contributed by atoms with van der Waals surface area (Å²) in [6, 6.07) is 10.2. The minimum absolute atomic E-state index is 0.364. The van der Waals surface area contributed by atoms with Crippen LogP contribution in [0.25, 0.3) is 0 Å². The fraction of sp³-hybridized carbons (Fsp3) is 0.714. The maximum atomic E-state index is 6.00. The molecule has 2 fully saturated rings. The summed E-state index contributed by atoms with van der Waals surface area (Å²) in [5.41, 5.74) is 2.62. The minimum atomic E-state index is 0.364. The molecule has 4 nitrogen and oxygen atoms in total. The summed E-state index contributed by atoms with van der Waals surface area (Å²) in [4.78, 5) is 2.47. The third-order valence-corrected chi connectivity index (χ3v) is 5.86. The predicted molar refractivity (Wildman–Crippen MR) is 102 cm³/mol. The Morgan fingerprint density at radius 3 is 2.52 bits per heavy atom. The summed E-state index contributed by atoms with van der Waals surface area (Å²) < 4.78 is 11.4. The molecule has 3 atom stereocenters. The van der Waals surface area contributed by atoms with Crippen LogP contribution in [0.2, 0.25) is 0 Å². The highest BCUT2D eigenvalue weighted by molar-refractivity contribution is 5.22. The summed E-state index contributed by atoms with van der Waals surface area (Å²) in [6.07, 6.45) is 3.64. The lowest BCUT2D eigenvalue weighted by Crippen LogP contribution is -2.50. The second kappa shape index (κ2) is 9.13. The maximum Gasteiger partial charge on any atom is 0.0720 e. The number of ether oxygens (including phenoxy) is 2. The molecular formula is C21H34N2O2. The highest BCUT2D eigenvalue weighted by Gasteiger charge is 2.28. The maximum absolute atomic E-state index is 6.00. The molecule has 4 heteroatoms. The van der Waals surface area contributed by atoms with Crippen LogP contribution in [-0.2, 0) is 22.6 Å². The van der Waals surface area contributed by atoms with Gasteiger partial charge in [0.25, 0.3) is 0 Å². The highest BCUT2D eigenvalue weighted by atomic mass is 16.5. The lowest BCUT2D eigenvalue weighted by molar-refractivity contribution is -0.0390. The Labute approximate surface area is 152 Å². The number of rotatable bonds is 6. The van der Waals surface area contributed by atoms with Gasteiger partial charge in [-0.3, -0.25) is 0 Å². The summed E-state index contributed by atoms with van der Waals surface area (Å²) in [7, 11) is 2.23. The Morgan fingerprint density at radius 1 is 1.12 bits per heavy atom. The Kier molecular flexibility index (Phi) is 6.88. The first-order valence-corrected chi connectivity index (χ1v) is 9.82. The molecule has 3 rings (SSSR count). The van der Waals surface area contributed by atoms with E-state index in [9.17, 15) is 0 Å². The number of hydrogen-bond donors (Lipinski definition) is 1. The van der Waals surface area contributed by atoms with Gasteiger partial charge in [-0.2, -0.15) is 0 Å². The predicted octanol–water partition coefficient (Wildman–Crippen LogP) is 3.20. The van der Waals surface area contributed by atoms with Gasteiger partial charge in [0.15, 0.2) is 0 Å². The van der Waals surface area contributed by atoms with Crippen LogP contribution < -0.4 is 5.32 Å². The van der Waals surface area contributed by atoms with Gasteiger partial charge in [0.1, 0.15) is 0 Å². The van der Waals surface area contributed by atoms with Gasteiger partial charge in [0.2, 0.25) is 0 Å². The van der Waals surface area contributed by atoms with Gasteiger partial charge in [0.05, 0.1) is 12.7 Å². The van der Waals surface area contributed by atoms with E-state index in [0.717, 1.165) is 32.6 Å². The molecule has 0 bridgehead atoms. The van der Waals surface area contributed by atoms with Crippen molar-refractivity contribution < 1.29 is 9.47 Å². The van der Waals surface area contributed by atoms with Gasteiger partial charge in [-0.25, -0.2) is 0 Å². The molecule has 2 heterocycles. The summed E-state index contributed by atoms with van der Waals surface area (Å²) >= 11 is 0. The van der Waals surface area contributed by atoms with E-state index in [1.807, 2.05) is 0 Å². The summed E-state index contributed by atoms with van der Waals surface area (Å²) in [5.74, 6) is 0.702. The Hall–Kier alpha value is -0.940. The van der Waals surface area contributed by atoms with Crippen LogP contribution in [0.4, 0.5) is 0 Å². The van der Waals surface area contributed by atoms with Gasteiger partial charge in [0, 0.05) is 38.4 Å². The zero-order chi connectivity index (χ0) is 17.6. The lowest BCUT2D eigenvalue weighted by atomic mass is 9.89. The highest BCUT2D eigenvalue weighted by Crippen LogP contribution is 2.21. The van der Waals surface area contributed by atoms with Crippen LogP contribution in [0.5, 0.6) is 0 Å². The molecule has 0 aliphatic carbocycles. The van der Waals surface area contributed by atoms with Crippen LogP contribution in [0.3, 0.4) is 0 Å². The fourth-order valence-electron chi connectivity index (χ4n) is 3.88. The number of nitrogens with one attached hydrogen (secondary N) is 1. The van der Waals surface area contributed by atoms with Crippen molar-refractivity contribution in [3.05, 3.63) is 35.4 Å². The van der Waals surface area contributed by atoms with E-state index < -0.39 is 0 Å². The van der Waals surface area contributed by atoms with Crippen LogP contribution in [0, 0.1) is 5.92 Å². The number of benzene rings is 1. The molecule has 2 aliphatic rings. The Bertz CT molecular complexity index is 513. The smallest absolute Gasteiger partial charge is 0.0720 e. The molecule has 0 amide bonds. The summed E-state index contributed by atoms with van der Waals surface area (Å²) in [5, 5.41) is 3.77. The Balaban J connectivity index is 1.42. The van der Waals surface area contributed by atoms with Crippen molar-refractivity contribution >= 4 is 0 Å². The van der Waals surface area contributed by atoms with Gasteiger partial charge < -0.3 is 19.7 Å². The minimum Gasteiger partial charge on any atom is -0.381 e. The zero-order valence-corrected chi connectivity index (χ0v) is 16.0. The summed E-state index contributed by atoms with van der Waals surface area (Å²) in [6.45, 7) is 9.20. The average Bonchev–Trinajstić information content (AvgIpc) is 2.64. The Morgan fingerprint density at radius 2 is 1.80 bits per heavy atom. The van der Waals surface area contributed by atoms with Gasteiger partial charge >= 0.3 is 0 Å². The van der Waals surface area contributed by atoms with Crippen LogP contribution in [-0.4, -0.2) is 49.9 Å². The zero-order valence-electron chi connectivity index (χ0n) is 16.0. The fourth-order valence-corrected chi connectivity index (χ4v) is 3.88. The molecular weight excluding hydrogens is 312 g/mol. The molecule has 0 saturated carbocycles. The van der Waals surface area contributed by atoms with Crippen molar-refractivity contribution in [1.82, 2.24) is 10.2 Å². The monoisotopic (exact) mass is 346 g/mol. The standard InChI is InChI=1S/C21H34N2O2/c1-16-14-23(3)17(2)12-21(16)22-13-18-4-6-19(7-5-18)15-25-20-8-10-24-11-9-20/h4-7,16-17,20-22H,8-15H2,1-3H3. The van der Waals surface area contributed by atoms with E-state index in [4.69, 9.17) is 9.47 Å². The topological polar surface area (TPSA) is 33.7 Å². The first kappa shape index (κ1) is 18.8. The normalized spacial score (nSPS) is 29.0. The van der Waals surface area contributed by atoms with Gasteiger partial charge in [-0.1, -0.05) is 31.2 Å². The molecule has 1 N–H and O–H groups in total. The molecule has 140 valence electrons. The third-order valence-electron chi connectivity index (χ3n) is 5.86. The largest absolute Gasteiger partial charge is 0.381 e. The van der Waals surface area contributed by atoms with E-state index in [-0.39, 0.29) is 0 Å². The van der Waals surface area contributed by atoms with Crippen molar-refractivity contribution in [2.24, 2.45) is 5.92 Å². The molecule has 1 aromatic rings. The van der Waals surface area contributed by atoms with Crippen molar-refractivity contribution in [3.63, 3.8) is 0 Å². The van der Waals surface area contributed by atoms with E-state index in [2.05, 4.69) is 55.4 Å². The van der Waals surface area contributed by atoms with E-state index >= 15 is 0 Å². The van der Waals surface area contributed by atoms with Crippen molar-refractivity contribution in [2.45, 2.75) is 64.4 Å². The number of likely N-dealkylation sites (tertiary alicyclic amines) is 1. The van der Waals surface area contributed by atoms with Crippen LogP contribution in [0.1, 0.15) is 44.2 Å². The molecule has 0 aromatic heterocycles. The number of nitrogens with zero attached hydrogens (tertiary/aromatic N) is 1. The molecule has 0 spiro atoms. The molecule has 3 unspecified atom stereocenters. The van der Waals surface area contributed by atoms with Gasteiger partial charge in [-0.15, -0.1) is 0 Å². The van der Waals surface area contributed by atoms with Crippen molar-refractivity contribution in [1.29, 1.82) is 0 Å². The molecule has 2 aliphatic heterocycles. The van der Waals surface area contributed by atoms with Crippen LogP contribution >= 0.6 is 0 Å². The molecule has 25 heavy (non-hydrogen) atoms. The lowest BCUT2D eigenvalue weighted by Gasteiger charge is -2.40. The van der Waals surface area contributed by atoms with E-state index in [0.29, 0.717) is 30.7 Å². The quantitative estimate of drug-likeness (QED) is 0.858. The van der Waals surface area contributed by atoms with E-state index in [1.54, 1.807) is 0 Å². The first-order chi connectivity index (χ1) is 12.1. The third kappa shape index (κ3) is 5.52. The second-order valence-electron chi connectivity index (χ2n) is 7.93. The first-order valence-electron chi connectivity index (χ1n) is 9.82. The average molecular weight is 347 g/mol. The number of piperidine rings is 1.